The molecule has 0 aromatic heterocycles. The summed E-state index contributed by atoms with van der Waals surface area (Å²) in [5.74, 6) is -2.03. The third kappa shape index (κ3) is 13.7. The normalized spacial score (nSPS) is 22.1. The van der Waals surface area contributed by atoms with Crippen LogP contribution in [-0.4, -0.2) is 64.0 Å². The first-order chi connectivity index (χ1) is 26.9. The van der Waals surface area contributed by atoms with E-state index in [1.54, 1.807) is 30.3 Å². The number of alkyl halides is 2. The number of unbranched alkanes of at least 4 members (excludes halogenated alkanes) is 1. The summed E-state index contributed by atoms with van der Waals surface area (Å²) in [7, 11) is 0. The smallest absolute Gasteiger partial charge is 0.335 e. The maximum atomic E-state index is 14.5. The molecule has 0 radical (unpaired) electrons. The lowest BCUT2D eigenvalue weighted by atomic mass is 9.92. The van der Waals surface area contributed by atoms with Crippen LogP contribution >= 0.6 is 23.2 Å². The van der Waals surface area contributed by atoms with E-state index < -0.39 is 36.0 Å². The second-order valence-electron chi connectivity index (χ2n) is 13.4. The van der Waals surface area contributed by atoms with Crippen LogP contribution in [0.5, 0.6) is 0 Å². The number of amides is 1. The second-order valence-corrected chi connectivity index (χ2v) is 14.3. The number of nitrogens with zero attached hydrogens (tertiary/aromatic N) is 2. The number of rotatable bonds is 18. The fourth-order valence-corrected chi connectivity index (χ4v) is 6.62. The third-order valence-electron chi connectivity index (χ3n) is 9.30. The number of aliphatic imine (C=N–C) groups is 1. The highest BCUT2D eigenvalue weighted by Crippen LogP contribution is 2.35. The Labute approximate surface area is 341 Å². The summed E-state index contributed by atoms with van der Waals surface area (Å²) in [6.07, 6.45) is 21.5. The van der Waals surface area contributed by atoms with Gasteiger partial charge in [0.2, 0.25) is 0 Å². The van der Waals surface area contributed by atoms with Gasteiger partial charge in [0.15, 0.2) is 6.17 Å². The molecule has 6 atom stereocenters. The summed E-state index contributed by atoms with van der Waals surface area (Å²) in [5.41, 5.74) is 2.96. The molecule has 1 aliphatic heterocycles. The molecular formula is C45H55Cl2F2N3O4. The molecule has 4 rings (SSSR count). The lowest BCUT2D eigenvalue weighted by molar-refractivity contribution is -0.117. The molecule has 1 aromatic rings. The van der Waals surface area contributed by atoms with Crippen molar-refractivity contribution in [2.24, 2.45) is 10.9 Å². The summed E-state index contributed by atoms with van der Waals surface area (Å²) in [6.45, 7) is 14.9. The van der Waals surface area contributed by atoms with Crippen LogP contribution < -0.4 is 5.32 Å². The van der Waals surface area contributed by atoms with E-state index in [1.807, 2.05) is 75.3 Å². The Balaban J connectivity index is 0.00000414. The first-order valence-corrected chi connectivity index (χ1v) is 20.1. The van der Waals surface area contributed by atoms with E-state index in [0.29, 0.717) is 43.3 Å². The van der Waals surface area contributed by atoms with Gasteiger partial charge >= 0.3 is 5.97 Å². The lowest BCUT2D eigenvalue weighted by Gasteiger charge is -2.34. The average Bonchev–Trinajstić information content (AvgIpc) is 3.37. The van der Waals surface area contributed by atoms with Gasteiger partial charge in [0, 0.05) is 29.3 Å². The van der Waals surface area contributed by atoms with E-state index in [2.05, 4.69) is 18.8 Å². The summed E-state index contributed by atoms with van der Waals surface area (Å²) >= 11 is 13.3. The molecular weight excluding hydrogens is 755 g/mol. The van der Waals surface area contributed by atoms with E-state index in [1.165, 1.54) is 12.2 Å². The molecule has 1 amide bonds. The van der Waals surface area contributed by atoms with Gasteiger partial charge in [0.05, 0.1) is 35.7 Å². The van der Waals surface area contributed by atoms with Crippen LogP contribution in [0, 0.1) is 5.92 Å². The van der Waals surface area contributed by atoms with Crippen LogP contribution in [0.25, 0.3) is 0 Å². The minimum atomic E-state index is -1.92. The molecule has 0 saturated heterocycles. The van der Waals surface area contributed by atoms with E-state index in [-0.39, 0.29) is 28.5 Å². The standard InChI is InChI=1S/C43H49Cl2F2N3O4.C2H6/c1-5-7-24-50-25-23-38(34-20-21-35(44)29(4)40(34)45)48-41(50)39(49-42(51)33-13-9-14-36(46)37(47)26-33)22-17-30(10-6-2)12-8-11-28(3)54-27-31-15-18-32(19-16-31)43(52)53;1-2/h6,8-11,13-16,18-21,23,25-26,28-29,35-36,38-39H,2,5,7,12,17,22,24,27H2,1,3-4H3,(H,49,51)(H,52,53);1-2H3/b11-8-,30-10+;. The number of hydrogen-bond acceptors (Lipinski definition) is 5. The molecule has 2 aliphatic carbocycles. The maximum Gasteiger partial charge on any atom is 0.335 e. The largest absolute Gasteiger partial charge is 0.478 e. The molecule has 2 N–H and O–H groups in total. The van der Waals surface area contributed by atoms with E-state index in [4.69, 9.17) is 38.0 Å². The first-order valence-electron chi connectivity index (χ1n) is 19.3. The minimum absolute atomic E-state index is 0.00272. The number of allylic oxidation sites excluding steroid dienone is 10. The van der Waals surface area contributed by atoms with Gasteiger partial charge in [-0.2, -0.15) is 0 Å². The number of amidine groups is 1. The Morgan fingerprint density at radius 2 is 1.91 bits per heavy atom. The van der Waals surface area contributed by atoms with Gasteiger partial charge in [-0.1, -0.05) is 113 Å². The number of carbonyl (C=O) groups excluding carboxylic acids is 1. The maximum absolute atomic E-state index is 14.5. The van der Waals surface area contributed by atoms with Crippen LogP contribution in [0.1, 0.15) is 82.6 Å². The topological polar surface area (TPSA) is 91.2 Å². The number of carboxylic acid groups (broad SMARTS) is 1. The van der Waals surface area contributed by atoms with Gasteiger partial charge < -0.3 is 20.1 Å². The van der Waals surface area contributed by atoms with Crippen molar-refractivity contribution < 1.29 is 28.2 Å². The van der Waals surface area contributed by atoms with Crippen LogP contribution in [-0.2, 0) is 16.1 Å². The molecule has 302 valence electrons. The number of carbonyl (C=O) groups is 2. The molecule has 0 fully saturated rings. The third-order valence-corrected chi connectivity index (χ3v) is 10.4. The van der Waals surface area contributed by atoms with E-state index >= 15 is 0 Å². The van der Waals surface area contributed by atoms with Gasteiger partial charge in [-0.25, -0.2) is 13.6 Å². The van der Waals surface area contributed by atoms with Crippen LogP contribution in [0.3, 0.4) is 0 Å². The summed E-state index contributed by atoms with van der Waals surface area (Å²) < 4.78 is 34.5. The summed E-state index contributed by atoms with van der Waals surface area (Å²) in [4.78, 5) is 32.1. The fraction of sp³-hybridized carbons (Fsp3) is 0.400. The molecule has 0 bridgehead atoms. The SMILES string of the molecule is C=C/C=C(\C/C=C\C(C)OCc1ccc(C(=O)O)cc1)CCC(NC(=O)C1=CC=CC(F)C(F)=C1)C1=NC(C2=C(Cl)C(C)C(Cl)C=C2)C=CN1CCCC.CC. The number of hydrogen-bond donors (Lipinski definition) is 2. The quantitative estimate of drug-likeness (QED) is 0.0875. The molecule has 0 spiro atoms. The number of carboxylic acids is 1. The Morgan fingerprint density at radius 3 is 2.59 bits per heavy atom. The van der Waals surface area contributed by atoms with Crippen molar-refractivity contribution in [1.29, 1.82) is 0 Å². The highest BCUT2D eigenvalue weighted by atomic mass is 35.5. The molecule has 7 nitrogen and oxygen atoms in total. The minimum Gasteiger partial charge on any atom is -0.478 e. The van der Waals surface area contributed by atoms with Crippen molar-refractivity contribution in [2.75, 3.05) is 6.54 Å². The molecule has 56 heavy (non-hydrogen) atoms. The number of aromatic carboxylic acids is 1. The Bertz CT molecular complexity index is 1790. The summed E-state index contributed by atoms with van der Waals surface area (Å²) in [5, 5.41) is 12.6. The number of benzene rings is 1. The highest BCUT2D eigenvalue weighted by molar-refractivity contribution is 6.32. The van der Waals surface area contributed by atoms with Gasteiger partial charge in [-0.15, -0.1) is 11.6 Å². The van der Waals surface area contributed by atoms with Crippen LogP contribution in [0.2, 0.25) is 0 Å². The zero-order valence-corrected chi connectivity index (χ0v) is 34.4. The molecule has 3 aliphatic rings. The zero-order valence-electron chi connectivity index (χ0n) is 32.9. The van der Waals surface area contributed by atoms with Crippen LogP contribution in [0.15, 0.2) is 136 Å². The zero-order chi connectivity index (χ0) is 41.2. The number of nitrogens with one attached hydrogen (secondary N) is 1. The van der Waals surface area contributed by atoms with Gasteiger partial charge in [0.25, 0.3) is 5.91 Å². The Kier molecular flexibility index (Phi) is 19.5. The molecule has 1 heterocycles. The molecule has 0 saturated carbocycles. The monoisotopic (exact) mass is 809 g/mol. The molecule has 11 heteroatoms. The number of halogens is 4. The second kappa shape index (κ2) is 23.7. The van der Waals surface area contributed by atoms with E-state index in [9.17, 15) is 18.4 Å². The summed E-state index contributed by atoms with van der Waals surface area (Å²) in [6, 6.07) is 5.55. The molecule has 6 unspecified atom stereocenters. The first kappa shape index (κ1) is 46.1. The van der Waals surface area contributed by atoms with Crippen molar-refractivity contribution in [3.63, 3.8) is 0 Å². The van der Waals surface area contributed by atoms with E-state index in [0.717, 1.165) is 41.7 Å². The van der Waals surface area contributed by atoms with Gasteiger partial charge in [-0.05, 0) is 80.2 Å². The van der Waals surface area contributed by atoms with Crippen molar-refractivity contribution in [3.05, 3.63) is 143 Å². The van der Waals surface area contributed by atoms with Crippen molar-refractivity contribution in [2.45, 2.75) is 103 Å². The number of ether oxygens (including phenoxy) is 1. The van der Waals surface area contributed by atoms with Gasteiger partial charge in [0.1, 0.15) is 11.7 Å². The predicted molar refractivity (Wildman–Crippen MR) is 226 cm³/mol. The fourth-order valence-electron chi connectivity index (χ4n) is 6.05. The van der Waals surface area contributed by atoms with Crippen LogP contribution in [0.4, 0.5) is 8.78 Å². The highest BCUT2D eigenvalue weighted by Gasteiger charge is 2.31. The predicted octanol–water partition coefficient (Wildman–Crippen LogP) is 11.0. The van der Waals surface area contributed by atoms with Crippen molar-refractivity contribution in [1.82, 2.24) is 10.2 Å². The lowest BCUT2D eigenvalue weighted by Crippen LogP contribution is -2.49. The van der Waals surface area contributed by atoms with Gasteiger partial charge in [-0.3, -0.25) is 9.79 Å². The van der Waals surface area contributed by atoms with Crippen molar-refractivity contribution in [3.8, 4) is 0 Å². The molecule has 1 aromatic carbocycles. The average molecular weight is 811 g/mol. The Hall–Kier alpha value is -4.31. The Morgan fingerprint density at radius 1 is 1.18 bits per heavy atom. The van der Waals surface area contributed by atoms with Crippen molar-refractivity contribution >= 4 is 40.9 Å².